The second kappa shape index (κ2) is 8.73. The van der Waals surface area contributed by atoms with Crippen LogP contribution in [0.2, 0.25) is 0 Å². The van der Waals surface area contributed by atoms with Crippen LogP contribution in [0.1, 0.15) is 36.7 Å². The Bertz CT molecular complexity index is 1620. The SMILES string of the molecule is C=C(C)[C@@]12O[C@@]3(c4ccccc4)O[C@@H]1[C@H]1[C@@H]4O[C@]4(CO)[C@@H](O)[C@]4(O)C(=O)C(C)=C[C@H]4[C@@]1(O3)[C@H](C)[C@H]2OC(=O)c1ccccc1. The minimum atomic E-state index is -2.42. The number of carbonyl (C=O) groups excluding carboxylic acids is 2. The van der Waals surface area contributed by atoms with Crippen LogP contribution in [0.3, 0.4) is 0 Å². The van der Waals surface area contributed by atoms with Crippen LogP contribution in [-0.2, 0) is 34.5 Å². The Labute approximate surface area is 253 Å². The third kappa shape index (κ3) is 3.00. The molecule has 3 bridgehead atoms. The van der Waals surface area contributed by atoms with Gasteiger partial charge in [-0.05, 0) is 37.1 Å². The van der Waals surface area contributed by atoms with E-state index in [9.17, 15) is 24.9 Å². The molecule has 3 aliphatic heterocycles. The van der Waals surface area contributed by atoms with Crippen molar-refractivity contribution in [2.24, 2.45) is 17.8 Å². The summed E-state index contributed by atoms with van der Waals surface area (Å²) in [4.78, 5) is 27.5. The van der Waals surface area contributed by atoms with E-state index in [1.54, 1.807) is 74.5 Å². The molecule has 10 heteroatoms. The number of hydrogen-bond donors (Lipinski definition) is 3. The lowest BCUT2D eigenvalue weighted by atomic mass is 9.53. The van der Waals surface area contributed by atoms with Gasteiger partial charge in [0.1, 0.15) is 30.0 Å². The first-order valence-corrected chi connectivity index (χ1v) is 14.9. The first-order chi connectivity index (χ1) is 20.9. The van der Waals surface area contributed by atoms with E-state index in [-0.39, 0.29) is 5.57 Å². The third-order valence-corrected chi connectivity index (χ3v) is 11.1. The number of hydrogen-bond acceptors (Lipinski definition) is 10. The average Bonchev–Trinajstić information content (AvgIpc) is 3.65. The number of ether oxygens (including phenoxy) is 5. The number of epoxide rings is 1. The Morgan fingerprint density at radius 3 is 2.32 bits per heavy atom. The van der Waals surface area contributed by atoms with Crippen molar-refractivity contribution in [2.45, 2.75) is 73.6 Å². The standard InChI is InChI=1S/C34H34O10/c1-17(2)32-25(40-28(37)20-11-7-5-8-12-20)19(4)33-22-15-18(3)24(36)31(22,39)29(38)30(16-35)26(41-30)23(33)27(32)42-34(43-32,44-33)21-13-9-6-10-14-21/h5-15,19,22-23,25-27,29,35,38-39H,1,16H2,2-4H3/t19-,22-,23-,25-,26+,27-,29-,30+,31-,32+,33+,34-/m1/s1. The highest BCUT2D eigenvalue weighted by atomic mass is 16.9. The van der Waals surface area contributed by atoms with Crippen LogP contribution in [0.15, 0.2) is 84.5 Å². The van der Waals surface area contributed by atoms with E-state index in [0.29, 0.717) is 16.7 Å². The zero-order valence-electron chi connectivity index (χ0n) is 24.5. The molecule has 2 saturated carbocycles. The Morgan fingerprint density at radius 2 is 1.68 bits per heavy atom. The minimum absolute atomic E-state index is 0.232. The van der Waals surface area contributed by atoms with E-state index >= 15 is 0 Å². The molecule has 3 N–H and O–H groups in total. The number of ketones is 1. The molecule has 6 aliphatic rings. The smallest absolute Gasteiger partial charge is 0.338 e. The maximum Gasteiger partial charge on any atom is 0.338 e. The monoisotopic (exact) mass is 602 g/mol. The van der Waals surface area contributed by atoms with Crippen LogP contribution < -0.4 is 0 Å². The quantitative estimate of drug-likeness (QED) is 0.265. The van der Waals surface area contributed by atoms with Crippen LogP contribution in [0.5, 0.6) is 0 Å². The second-order valence-electron chi connectivity index (χ2n) is 13.1. The molecule has 5 fully saturated rings. The summed E-state index contributed by atoms with van der Waals surface area (Å²) in [6, 6.07) is 17.6. The zero-order valence-corrected chi connectivity index (χ0v) is 24.5. The lowest BCUT2D eigenvalue weighted by Gasteiger charge is -2.61. The second-order valence-corrected chi connectivity index (χ2v) is 13.1. The molecule has 0 spiro atoms. The van der Waals surface area contributed by atoms with E-state index in [1.807, 2.05) is 13.0 Å². The highest BCUT2D eigenvalue weighted by molar-refractivity contribution is 6.05. The van der Waals surface area contributed by atoms with Gasteiger partial charge in [-0.3, -0.25) is 4.79 Å². The molecule has 8 rings (SSSR count). The summed E-state index contributed by atoms with van der Waals surface area (Å²) in [7, 11) is 0. The molecule has 3 heterocycles. The Morgan fingerprint density at radius 1 is 1.02 bits per heavy atom. The van der Waals surface area contributed by atoms with Gasteiger partial charge in [0.15, 0.2) is 17.0 Å². The Kier molecular flexibility index (Phi) is 5.61. The van der Waals surface area contributed by atoms with Crippen molar-refractivity contribution < 1.29 is 48.6 Å². The van der Waals surface area contributed by atoms with Crippen LogP contribution in [0.25, 0.3) is 0 Å². The van der Waals surface area contributed by atoms with Gasteiger partial charge in [0, 0.05) is 23.3 Å². The fourth-order valence-electron chi connectivity index (χ4n) is 9.07. The van der Waals surface area contributed by atoms with Crippen LogP contribution in [0, 0.1) is 17.8 Å². The van der Waals surface area contributed by atoms with Gasteiger partial charge >= 0.3 is 11.9 Å². The molecule has 0 amide bonds. The largest absolute Gasteiger partial charge is 0.455 e. The minimum Gasteiger partial charge on any atom is -0.455 e. The van der Waals surface area contributed by atoms with E-state index in [1.165, 1.54) is 0 Å². The molecule has 44 heavy (non-hydrogen) atoms. The number of benzene rings is 2. The van der Waals surface area contributed by atoms with Gasteiger partial charge < -0.3 is 39.0 Å². The van der Waals surface area contributed by atoms with Gasteiger partial charge in [-0.2, -0.15) is 0 Å². The highest BCUT2D eigenvalue weighted by Crippen LogP contribution is 2.74. The zero-order chi connectivity index (χ0) is 31.0. The van der Waals surface area contributed by atoms with Crippen LogP contribution in [0.4, 0.5) is 0 Å². The molecule has 0 aromatic heterocycles. The van der Waals surface area contributed by atoms with Gasteiger partial charge in [0.05, 0.1) is 17.8 Å². The van der Waals surface area contributed by atoms with Gasteiger partial charge in [-0.25, -0.2) is 4.79 Å². The maximum absolute atomic E-state index is 13.8. The number of rotatable bonds is 5. The maximum atomic E-state index is 13.8. The summed E-state index contributed by atoms with van der Waals surface area (Å²) < 4.78 is 33.4. The normalized spacial score (nSPS) is 47.6. The lowest BCUT2D eigenvalue weighted by Crippen LogP contribution is -2.76. The number of carbonyl (C=O) groups is 2. The van der Waals surface area contributed by atoms with Gasteiger partial charge in [0.25, 0.3) is 0 Å². The molecular formula is C34H34O10. The van der Waals surface area contributed by atoms with Gasteiger partial charge in [-0.1, -0.05) is 68.1 Å². The average molecular weight is 603 g/mol. The molecule has 0 radical (unpaired) electrons. The highest BCUT2D eigenvalue weighted by Gasteiger charge is 2.90. The number of fused-ring (bicyclic) bond motifs is 3. The fraction of sp³-hybridized carbons (Fsp3) is 0.471. The number of esters is 1. The van der Waals surface area contributed by atoms with Crippen molar-refractivity contribution in [1.82, 2.24) is 0 Å². The number of aliphatic hydroxyl groups is 3. The molecule has 0 unspecified atom stereocenters. The topological polar surface area (TPSA) is 144 Å². The van der Waals surface area contributed by atoms with E-state index in [2.05, 4.69) is 6.58 Å². The van der Waals surface area contributed by atoms with Crippen molar-refractivity contribution in [3.8, 4) is 0 Å². The lowest BCUT2D eigenvalue weighted by molar-refractivity contribution is -0.440. The summed E-state index contributed by atoms with van der Waals surface area (Å²) in [6.07, 6.45) is -3.09. The first kappa shape index (κ1) is 28.3. The number of Topliss-reactive ketones (excluding diaryl/α,β-unsaturated/α-hetero) is 1. The van der Waals surface area contributed by atoms with Crippen molar-refractivity contribution in [3.63, 3.8) is 0 Å². The Hall–Kier alpha value is -3.22. The molecular weight excluding hydrogens is 568 g/mol. The molecule has 2 aromatic carbocycles. The van der Waals surface area contributed by atoms with E-state index in [4.69, 9.17) is 23.7 Å². The fourth-order valence-corrected chi connectivity index (χ4v) is 9.07. The molecule has 12 atom stereocenters. The molecule has 3 saturated heterocycles. The van der Waals surface area contributed by atoms with E-state index < -0.39 is 88.9 Å². The predicted octanol–water partition coefficient (Wildman–Crippen LogP) is 2.17. The van der Waals surface area contributed by atoms with Gasteiger partial charge in [-0.15, -0.1) is 0 Å². The van der Waals surface area contributed by atoms with Gasteiger partial charge in [0.2, 0.25) is 0 Å². The molecule has 10 nitrogen and oxygen atoms in total. The third-order valence-electron chi connectivity index (χ3n) is 11.1. The van der Waals surface area contributed by atoms with Crippen LogP contribution in [-0.4, -0.2) is 80.5 Å². The van der Waals surface area contributed by atoms with Crippen molar-refractivity contribution in [3.05, 3.63) is 95.6 Å². The van der Waals surface area contributed by atoms with Crippen LogP contribution >= 0.6 is 0 Å². The summed E-state index contributed by atoms with van der Waals surface area (Å²) in [5, 5.41) is 34.8. The Balaban J connectivity index is 1.41. The van der Waals surface area contributed by atoms with E-state index in [0.717, 1.165) is 0 Å². The van der Waals surface area contributed by atoms with Crippen molar-refractivity contribution in [2.75, 3.05) is 6.61 Å². The summed E-state index contributed by atoms with van der Waals surface area (Å²) in [6.45, 7) is 8.80. The first-order valence-electron chi connectivity index (χ1n) is 14.9. The summed E-state index contributed by atoms with van der Waals surface area (Å²) in [5.74, 6) is -5.87. The number of aliphatic hydroxyl groups excluding tert-OH is 2. The molecule has 3 aliphatic carbocycles. The molecule has 2 aromatic rings. The predicted molar refractivity (Wildman–Crippen MR) is 152 cm³/mol. The summed E-state index contributed by atoms with van der Waals surface area (Å²) >= 11 is 0. The van der Waals surface area contributed by atoms with Crippen molar-refractivity contribution >= 4 is 11.8 Å². The molecule has 230 valence electrons. The van der Waals surface area contributed by atoms with Crippen molar-refractivity contribution in [1.29, 1.82) is 0 Å². The summed E-state index contributed by atoms with van der Waals surface area (Å²) in [5.41, 5.74) is -5.56.